The van der Waals surface area contributed by atoms with Crippen LogP contribution in [0.1, 0.15) is 5.56 Å². The van der Waals surface area contributed by atoms with Crippen LogP contribution in [0.25, 0.3) is 40.3 Å². The van der Waals surface area contributed by atoms with Crippen molar-refractivity contribution in [3.05, 3.63) is 54.1 Å². The van der Waals surface area contributed by atoms with Crippen LogP contribution in [-0.2, 0) is 6.54 Å². The molecule has 0 saturated carbocycles. The molecule has 0 fully saturated rings. The Hall–Kier alpha value is -2.14. The second-order valence-electron chi connectivity index (χ2n) is 5.81. The summed E-state index contributed by atoms with van der Waals surface area (Å²) < 4.78 is 5.30. The SMILES string of the molecule is NCc1ccc2c(c1)sc1c2ccc2c3ccc(N)cc3sc21. The first-order valence-electron chi connectivity index (χ1n) is 7.50. The summed E-state index contributed by atoms with van der Waals surface area (Å²) in [4.78, 5) is 0. The van der Waals surface area contributed by atoms with Gasteiger partial charge in [-0.1, -0.05) is 30.3 Å². The van der Waals surface area contributed by atoms with Crippen LogP contribution in [0.2, 0.25) is 0 Å². The Bertz CT molecular complexity index is 1210. The van der Waals surface area contributed by atoms with Crippen LogP contribution in [0.4, 0.5) is 5.69 Å². The molecule has 4 heteroatoms. The van der Waals surface area contributed by atoms with Gasteiger partial charge in [0.1, 0.15) is 0 Å². The first-order valence-corrected chi connectivity index (χ1v) is 9.14. The molecule has 4 N–H and O–H groups in total. The molecule has 0 radical (unpaired) electrons. The summed E-state index contributed by atoms with van der Waals surface area (Å²) in [6.07, 6.45) is 0. The molecule has 2 aromatic heterocycles. The molecule has 0 atom stereocenters. The van der Waals surface area contributed by atoms with Gasteiger partial charge < -0.3 is 11.5 Å². The standard InChI is InChI=1S/C19H14N2S2/c20-9-10-1-3-12-14-5-6-15-13-4-2-11(21)8-17(13)23-19(15)18(14)22-16(12)7-10/h1-8H,9,20-21H2. The lowest BCUT2D eigenvalue weighted by atomic mass is 10.1. The first kappa shape index (κ1) is 13.3. The van der Waals surface area contributed by atoms with Crippen molar-refractivity contribution < 1.29 is 0 Å². The van der Waals surface area contributed by atoms with Crippen LogP contribution in [0.15, 0.2) is 48.5 Å². The highest BCUT2D eigenvalue weighted by Crippen LogP contribution is 2.44. The highest BCUT2D eigenvalue weighted by Gasteiger charge is 2.13. The van der Waals surface area contributed by atoms with E-state index in [1.807, 2.05) is 28.7 Å². The zero-order valence-electron chi connectivity index (χ0n) is 12.3. The molecule has 0 aliphatic rings. The van der Waals surface area contributed by atoms with Crippen molar-refractivity contribution in [3.8, 4) is 0 Å². The minimum atomic E-state index is 0.585. The van der Waals surface area contributed by atoms with E-state index in [-0.39, 0.29) is 0 Å². The molecule has 3 aromatic carbocycles. The van der Waals surface area contributed by atoms with Gasteiger partial charge in [-0.15, -0.1) is 22.7 Å². The summed E-state index contributed by atoms with van der Waals surface area (Å²) in [5.41, 5.74) is 13.7. The summed E-state index contributed by atoms with van der Waals surface area (Å²) in [6.45, 7) is 0.585. The van der Waals surface area contributed by atoms with Gasteiger partial charge in [0.25, 0.3) is 0 Å². The normalized spacial score (nSPS) is 12.0. The quantitative estimate of drug-likeness (QED) is 0.400. The first-order chi connectivity index (χ1) is 11.2. The van der Waals surface area contributed by atoms with Crippen molar-refractivity contribution in [2.24, 2.45) is 5.73 Å². The lowest BCUT2D eigenvalue weighted by Crippen LogP contribution is -1.94. The molecular formula is C19H14N2S2. The largest absolute Gasteiger partial charge is 0.399 e. The maximum Gasteiger partial charge on any atom is 0.0534 e. The number of benzene rings is 3. The average Bonchev–Trinajstić information content (AvgIpc) is 3.11. The van der Waals surface area contributed by atoms with Gasteiger partial charge in [-0.2, -0.15) is 0 Å². The molecule has 0 saturated heterocycles. The molecule has 0 amide bonds. The third-order valence-electron chi connectivity index (χ3n) is 4.40. The van der Waals surface area contributed by atoms with Crippen molar-refractivity contribution in [1.82, 2.24) is 0 Å². The summed E-state index contributed by atoms with van der Waals surface area (Å²) in [7, 11) is 0. The number of hydrogen-bond donors (Lipinski definition) is 2. The number of anilines is 1. The molecule has 0 unspecified atom stereocenters. The Morgan fingerprint density at radius 1 is 0.696 bits per heavy atom. The van der Waals surface area contributed by atoms with E-state index in [1.165, 1.54) is 45.9 Å². The van der Waals surface area contributed by atoms with E-state index in [9.17, 15) is 0 Å². The highest BCUT2D eigenvalue weighted by molar-refractivity contribution is 7.33. The van der Waals surface area contributed by atoms with Gasteiger partial charge in [0.15, 0.2) is 0 Å². The Kier molecular flexibility index (Phi) is 2.71. The smallest absolute Gasteiger partial charge is 0.0534 e. The predicted octanol–water partition coefficient (Wildman–Crippen LogP) is 5.46. The second-order valence-corrected chi connectivity index (χ2v) is 7.92. The fourth-order valence-corrected chi connectivity index (χ4v) is 5.91. The molecule has 5 rings (SSSR count). The van der Waals surface area contributed by atoms with Gasteiger partial charge in [0.2, 0.25) is 0 Å². The summed E-state index contributed by atoms with van der Waals surface area (Å²) >= 11 is 3.70. The van der Waals surface area contributed by atoms with Crippen LogP contribution >= 0.6 is 22.7 Å². The molecule has 2 nitrogen and oxygen atoms in total. The molecular weight excluding hydrogens is 320 g/mol. The summed E-state index contributed by atoms with van der Waals surface area (Å²) in [5.74, 6) is 0. The van der Waals surface area contributed by atoms with E-state index in [0.29, 0.717) is 6.54 Å². The lowest BCUT2D eigenvalue weighted by Gasteiger charge is -1.96. The van der Waals surface area contributed by atoms with Crippen molar-refractivity contribution >= 4 is 68.7 Å². The number of thiophene rings is 2. The monoisotopic (exact) mass is 334 g/mol. The van der Waals surface area contributed by atoms with Crippen LogP contribution in [0, 0.1) is 0 Å². The van der Waals surface area contributed by atoms with Crippen LogP contribution < -0.4 is 11.5 Å². The van der Waals surface area contributed by atoms with E-state index < -0.39 is 0 Å². The average molecular weight is 334 g/mol. The minimum absolute atomic E-state index is 0.585. The number of nitrogens with two attached hydrogens (primary N) is 2. The van der Waals surface area contributed by atoms with Crippen molar-refractivity contribution in [1.29, 1.82) is 0 Å². The zero-order valence-corrected chi connectivity index (χ0v) is 13.9. The van der Waals surface area contributed by atoms with Gasteiger partial charge in [-0.3, -0.25) is 0 Å². The van der Waals surface area contributed by atoms with E-state index in [1.54, 1.807) is 0 Å². The molecule has 0 aliphatic heterocycles. The van der Waals surface area contributed by atoms with Gasteiger partial charge in [0.05, 0.1) is 9.40 Å². The van der Waals surface area contributed by atoms with E-state index in [4.69, 9.17) is 11.5 Å². The summed E-state index contributed by atoms with van der Waals surface area (Å²) in [5, 5.41) is 5.27. The highest BCUT2D eigenvalue weighted by atomic mass is 32.1. The zero-order chi connectivity index (χ0) is 15.6. The molecule has 0 aliphatic carbocycles. The second kappa shape index (κ2) is 4.68. The van der Waals surface area contributed by atoms with Gasteiger partial charge in [0, 0.05) is 43.2 Å². The molecule has 23 heavy (non-hydrogen) atoms. The maximum absolute atomic E-state index is 5.95. The number of hydrogen-bond acceptors (Lipinski definition) is 4. The van der Waals surface area contributed by atoms with Crippen molar-refractivity contribution in [3.63, 3.8) is 0 Å². The minimum Gasteiger partial charge on any atom is -0.399 e. The molecule has 2 heterocycles. The number of fused-ring (bicyclic) bond motifs is 7. The maximum atomic E-state index is 5.95. The van der Waals surface area contributed by atoms with E-state index >= 15 is 0 Å². The molecule has 5 aromatic rings. The molecule has 0 spiro atoms. The van der Waals surface area contributed by atoms with Crippen LogP contribution in [0.5, 0.6) is 0 Å². The lowest BCUT2D eigenvalue weighted by molar-refractivity contribution is 1.08. The van der Waals surface area contributed by atoms with E-state index in [2.05, 4.69) is 42.5 Å². The Labute approximate surface area is 140 Å². The number of nitrogen functional groups attached to an aromatic ring is 1. The van der Waals surface area contributed by atoms with Gasteiger partial charge >= 0.3 is 0 Å². The molecule has 112 valence electrons. The molecule has 0 bridgehead atoms. The van der Waals surface area contributed by atoms with E-state index in [0.717, 1.165) is 5.69 Å². The van der Waals surface area contributed by atoms with Crippen molar-refractivity contribution in [2.45, 2.75) is 6.54 Å². The van der Waals surface area contributed by atoms with Gasteiger partial charge in [-0.05, 0) is 23.8 Å². The van der Waals surface area contributed by atoms with Crippen molar-refractivity contribution in [2.75, 3.05) is 5.73 Å². The number of rotatable bonds is 1. The van der Waals surface area contributed by atoms with Crippen LogP contribution in [-0.4, -0.2) is 0 Å². The third-order valence-corrected chi connectivity index (χ3v) is 6.90. The third kappa shape index (κ3) is 1.83. The topological polar surface area (TPSA) is 52.0 Å². The van der Waals surface area contributed by atoms with Crippen LogP contribution in [0.3, 0.4) is 0 Å². The fourth-order valence-electron chi connectivity index (χ4n) is 3.26. The predicted molar refractivity (Wildman–Crippen MR) is 105 cm³/mol. The Morgan fingerprint density at radius 2 is 1.26 bits per heavy atom. The van der Waals surface area contributed by atoms with Gasteiger partial charge in [-0.25, -0.2) is 0 Å². The fraction of sp³-hybridized carbons (Fsp3) is 0.0526. The Balaban J connectivity index is 1.96. The Morgan fingerprint density at radius 3 is 1.91 bits per heavy atom. The summed E-state index contributed by atoms with van der Waals surface area (Å²) in [6, 6.07) is 17.2.